The first kappa shape index (κ1) is 26.0. The monoisotopic (exact) mass is 394 g/mol. The van der Waals surface area contributed by atoms with Crippen LogP contribution in [0.3, 0.4) is 0 Å². The van der Waals surface area contributed by atoms with Gasteiger partial charge in [0, 0.05) is 24.2 Å². The van der Waals surface area contributed by atoms with Gasteiger partial charge in [-0.1, -0.05) is 103 Å². The molecule has 168 valence electrons. The number of hydrogen-bond acceptors (Lipinski definition) is 2. The van der Waals surface area contributed by atoms with E-state index in [1.54, 1.807) is 0 Å². The van der Waals surface area contributed by atoms with Gasteiger partial charge in [-0.15, -0.1) is 0 Å². The molecule has 1 saturated heterocycles. The largest absolute Gasteiger partial charge is 0.304 e. The highest BCUT2D eigenvalue weighted by Crippen LogP contribution is 2.21. The SMILES string of the molecule is CCCCCCCCCCCCCCCCCCN1CC(C)(C)NC(C)(C)C1. The molecule has 0 aromatic carbocycles. The van der Waals surface area contributed by atoms with Gasteiger partial charge in [0.25, 0.3) is 0 Å². The van der Waals surface area contributed by atoms with Crippen LogP contribution < -0.4 is 5.32 Å². The summed E-state index contributed by atoms with van der Waals surface area (Å²) < 4.78 is 0. The second-order valence-corrected chi connectivity index (χ2v) is 10.9. The van der Waals surface area contributed by atoms with E-state index in [9.17, 15) is 0 Å². The predicted molar refractivity (Wildman–Crippen MR) is 127 cm³/mol. The van der Waals surface area contributed by atoms with Gasteiger partial charge >= 0.3 is 0 Å². The Kier molecular flexibility index (Phi) is 13.7. The third-order valence-corrected chi connectivity index (χ3v) is 6.24. The molecule has 1 rings (SSSR count). The Bertz CT molecular complexity index is 345. The van der Waals surface area contributed by atoms with E-state index in [1.807, 2.05) is 0 Å². The van der Waals surface area contributed by atoms with Crippen LogP contribution in [0.15, 0.2) is 0 Å². The van der Waals surface area contributed by atoms with Crippen molar-refractivity contribution in [3.05, 3.63) is 0 Å². The maximum absolute atomic E-state index is 3.78. The minimum Gasteiger partial charge on any atom is -0.304 e. The van der Waals surface area contributed by atoms with Crippen molar-refractivity contribution in [2.75, 3.05) is 19.6 Å². The molecule has 0 saturated carbocycles. The average Bonchev–Trinajstić information content (AvgIpc) is 2.58. The molecule has 1 N–H and O–H groups in total. The van der Waals surface area contributed by atoms with Gasteiger partial charge in [-0.3, -0.25) is 4.90 Å². The maximum Gasteiger partial charge on any atom is 0.0257 e. The highest BCUT2D eigenvalue weighted by atomic mass is 15.3. The zero-order chi connectivity index (χ0) is 20.7. The minimum atomic E-state index is 0.247. The molecule has 28 heavy (non-hydrogen) atoms. The summed E-state index contributed by atoms with van der Waals surface area (Å²) in [5.74, 6) is 0. The van der Waals surface area contributed by atoms with E-state index in [2.05, 4.69) is 44.8 Å². The lowest BCUT2D eigenvalue weighted by Gasteiger charge is -2.48. The first-order chi connectivity index (χ1) is 13.3. The van der Waals surface area contributed by atoms with Crippen molar-refractivity contribution < 1.29 is 0 Å². The molecule has 1 heterocycles. The van der Waals surface area contributed by atoms with Crippen LogP contribution in [-0.2, 0) is 0 Å². The highest BCUT2D eigenvalue weighted by Gasteiger charge is 2.35. The van der Waals surface area contributed by atoms with E-state index >= 15 is 0 Å². The number of nitrogens with zero attached hydrogens (tertiary/aromatic N) is 1. The van der Waals surface area contributed by atoms with E-state index < -0.39 is 0 Å². The highest BCUT2D eigenvalue weighted by molar-refractivity contribution is 4.97. The summed E-state index contributed by atoms with van der Waals surface area (Å²) in [6.45, 7) is 15.3. The van der Waals surface area contributed by atoms with E-state index in [0.717, 1.165) is 0 Å². The molecule has 0 aliphatic carbocycles. The fourth-order valence-corrected chi connectivity index (χ4v) is 5.21. The molecule has 2 heteroatoms. The maximum atomic E-state index is 3.78. The first-order valence-electron chi connectivity index (χ1n) is 12.9. The van der Waals surface area contributed by atoms with Gasteiger partial charge in [-0.05, 0) is 40.7 Å². The quantitative estimate of drug-likeness (QED) is 0.254. The fraction of sp³-hybridized carbons (Fsp3) is 1.00. The van der Waals surface area contributed by atoms with E-state index in [-0.39, 0.29) is 11.1 Å². The first-order valence-corrected chi connectivity index (χ1v) is 12.9. The lowest BCUT2D eigenvalue weighted by Crippen LogP contribution is -2.66. The van der Waals surface area contributed by atoms with Gasteiger partial charge < -0.3 is 5.32 Å². The van der Waals surface area contributed by atoms with Gasteiger partial charge in [0.15, 0.2) is 0 Å². The van der Waals surface area contributed by atoms with Gasteiger partial charge in [0.1, 0.15) is 0 Å². The predicted octanol–water partition coefficient (Wildman–Crippen LogP) is 7.71. The van der Waals surface area contributed by atoms with E-state index in [0.29, 0.717) is 0 Å². The van der Waals surface area contributed by atoms with Crippen LogP contribution in [0.25, 0.3) is 0 Å². The van der Waals surface area contributed by atoms with Crippen LogP contribution >= 0.6 is 0 Å². The van der Waals surface area contributed by atoms with E-state index in [1.165, 1.54) is 122 Å². The van der Waals surface area contributed by atoms with Crippen LogP contribution in [0.2, 0.25) is 0 Å². The Hall–Kier alpha value is -0.0800. The molecule has 0 amide bonds. The Morgan fingerprint density at radius 3 is 1.21 bits per heavy atom. The Morgan fingerprint density at radius 1 is 0.536 bits per heavy atom. The second-order valence-electron chi connectivity index (χ2n) is 10.9. The summed E-state index contributed by atoms with van der Waals surface area (Å²) in [5.41, 5.74) is 0.494. The van der Waals surface area contributed by atoms with Crippen LogP contribution in [0.5, 0.6) is 0 Å². The number of nitrogens with one attached hydrogen (secondary N) is 1. The normalized spacial score (nSPS) is 19.2. The summed E-state index contributed by atoms with van der Waals surface area (Å²) in [4.78, 5) is 2.68. The smallest absolute Gasteiger partial charge is 0.0257 e. The second kappa shape index (κ2) is 14.8. The average molecular weight is 395 g/mol. The molecule has 1 fully saturated rings. The molecule has 0 radical (unpaired) electrons. The summed E-state index contributed by atoms with van der Waals surface area (Å²) in [6.07, 6.45) is 23.2. The number of rotatable bonds is 17. The van der Waals surface area contributed by atoms with Crippen molar-refractivity contribution in [3.8, 4) is 0 Å². The molecular weight excluding hydrogens is 340 g/mol. The summed E-state index contributed by atoms with van der Waals surface area (Å²) in [5, 5.41) is 3.78. The third kappa shape index (κ3) is 14.0. The molecule has 1 aliphatic heterocycles. The number of piperazine rings is 1. The van der Waals surface area contributed by atoms with Crippen LogP contribution in [0.1, 0.15) is 137 Å². The van der Waals surface area contributed by atoms with Crippen LogP contribution in [0.4, 0.5) is 0 Å². The van der Waals surface area contributed by atoms with E-state index in [4.69, 9.17) is 0 Å². The molecule has 0 unspecified atom stereocenters. The van der Waals surface area contributed by atoms with Gasteiger partial charge in [-0.2, -0.15) is 0 Å². The fourth-order valence-electron chi connectivity index (χ4n) is 5.21. The standard InChI is InChI=1S/C26H54N2/c1-6-7-8-9-10-11-12-13-14-15-16-17-18-19-20-21-22-28-23-25(2,3)27-26(4,5)24-28/h27H,6-24H2,1-5H3. The van der Waals surface area contributed by atoms with Crippen molar-refractivity contribution in [1.82, 2.24) is 10.2 Å². The topological polar surface area (TPSA) is 15.3 Å². The molecule has 2 nitrogen and oxygen atoms in total. The van der Waals surface area contributed by atoms with Crippen molar-refractivity contribution >= 4 is 0 Å². The van der Waals surface area contributed by atoms with Crippen molar-refractivity contribution in [2.24, 2.45) is 0 Å². The van der Waals surface area contributed by atoms with Crippen LogP contribution in [-0.4, -0.2) is 35.6 Å². The molecule has 0 spiro atoms. The molecule has 0 bridgehead atoms. The lowest BCUT2D eigenvalue weighted by molar-refractivity contribution is 0.0769. The zero-order valence-electron chi connectivity index (χ0n) is 20.4. The summed E-state index contributed by atoms with van der Waals surface area (Å²) in [7, 11) is 0. The molecule has 0 atom stereocenters. The van der Waals surface area contributed by atoms with Gasteiger partial charge in [-0.25, -0.2) is 0 Å². The number of unbranched alkanes of at least 4 members (excludes halogenated alkanes) is 15. The Morgan fingerprint density at radius 2 is 0.857 bits per heavy atom. The zero-order valence-corrected chi connectivity index (χ0v) is 20.4. The molecule has 0 aromatic heterocycles. The van der Waals surface area contributed by atoms with Gasteiger partial charge in [0.2, 0.25) is 0 Å². The third-order valence-electron chi connectivity index (χ3n) is 6.24. The lowest BCUT2D eigenvalue weighted by atomic mass is 9.91. The summed E-state index contributed by atoms with van der Waals surface area (Å²) >= 11 is 0. The molecule has 0 aromatic rings. The van der Waals surface area contributed by atoms with Crippen molar-refractivity contribution in [1.29, 1.82) is 0 Å². The Labute approximate surface area is 178 Å². The van der Waals surface area contributed by atoms with Crippen LogP contribution in [0, 0.1) is 0 Å². The number of hydrogen-bond donors (Lipinski definition) is 1. The minimum absolute atomic E-state index is 0.247. The Balaban J connectivity index is 1.83. The van der Waals surface area contributed by atoms with Crippen molar-refractivity contribution in [3.63, 3.8) is 0 Å². The van der Waals surface area contributed by atoms with Gasteiger partial charge in [0.05, 0.1) is 0 Å². The van der Waals surface area contributed by atoms with Crippen molar-refractivity contribution in [2.45, 2.75) is 148 Å². The summed E-state index contributed by atoms with van der Waals surface area (Å²) in [6, 6.07) is 0. The molecular formula is C26H54N2. The molecule has 1 aliphatic rings.